The van der Waals surface area contributed by atoms with Crippen LogP contribution in [0.25, 0.3) is 5.69 Å². The molecular formula is C23H30F3N7O4. The van der Waals surface area contributed by atoms with Crippen LogP contribution in [0.15, 0.2) is 35.3 Å². The lowest BCUT2D eigenvalue weighted by atomic mass is 10.1. The highest BCUT2D eigenvalue weighted by atomic mass is 19.4. The number of amides is 3. The Hall–Kier alpha value is -3.65. The van der Waals surface area contributed by atoms with Crippen molar-refractivity contribution in [1.29, 1.82) is 0 Å². The van der Waals surface area contributed by atoms with Gasteiger partial charge in [0.05, 0.1) is 11.2 Å². The zero-order valence-electron chi connectivity index (χ0n) is 20.8. The minimum absolute atomic E-state index is 0.0246. The molecule has 2 aromatic rings. The van der Waals surface area contributed by atoms with Crippen molar-refractivity contribution in [1.82, 2.24) is 24.7 Å². The van der Waals surface area contributed by atoms with Gasteiger partial charge in [-0.05, 0) is 32.5 Å². The van der Waals surface area contributed by atoms with Crippen LogP contribution in [-0.2, 0) is 11.3 Å². The molecule has 0 spiro atoms. The van der Waals surface area contributed by atoms with Gasteiger partial charge in [-0.25, -0.2) is 9.59 Å². The summed E-state index contributed by atoms with van der Waals surface area (Å²) in [6.07, 6.45) is -3.61. The molecule has 0 bridgehead atoms. The molecule has 1 aromatic heterocycles. The number of aromatic nitrogens is 2. The number of urea groups is 1. The number of benzene rings is 1. The quantitative estimate of drug-likeness (QED) is 0.500. The lowest BCUT2D eigenvalue weighted by Crippen LogP contribution is -2.58. The predicted molar refractivity (Wildman–Crippen MR) is 129 cm³/mol. The van der Waals surface area contributed by atoms with Gasteiger partial charge in [0.2, 0.25) is 5.91 Å². The number of alkyl halides is 3. The first kappa shape index (κ1) is 27.9. The van der Waals surface area contributed by atoms with Crippen molar-refractivity contribution in [2.45, 2.75) is 39.2 Å². The second-order valence-corrected chi connectivity index (χ2v) is 9.02. The van der Waals surface area contributed by atoms with Gasteiger partial charge >= 0.3 is 18.1 Å². The van der Waals surface area contributed by atoms with E-state index in [-0.39, 0.29) is 42.6 Å². The van der Waals surface area contributed by atoms with Crippen LogP contribution in [0.4, 0.5) is 23.8 Å². The molecule has 3 rings (SSSR count). The topological polar surface area (TPSA) is 135 Å². The predicted octanol–water partition coefficient (Wildman–Crippen LogP) is 1.65. The Kier molecular flexibility index (Phi) is 8.43. The molecule has 0 radical (unpaired) electrons. The number of ether oxygens (including phenoxy) is 1. The molecule has 0 aliphatic carbocycles. The minimum Gasteiger partial charge on any atom is -0.405 e. The molecule has 1 saturated heterocycles. The van der Waals surface area contributed by atoms with Crippen LogP contribution in [0.2, 0.25) is 0 Å². The molecule has 1 aliphatic rings. The third kappa shape index (κ3) is 7.43. The molecule has 11 nitrogen and oxygen atoms in total. The lowest BCUT2D eigenvalue weighted by Gasteiger charge is -2.37. The summed E-state index contributed by atoms with van der Waals surface area (Å²) in [7, 11) is 0. The molecule has 0 saturated carbocycles. The van der Waals surface area contributed by atoms with Crippen LogP contribution in [-0.4, -0.2) is 75.9 Å². The van der Waals surface area contributed by atoms with Crippen LogP contribution in [0.1, 0.15) is 26.3 Å². The molecule has 0 atom stereocenters. The average Bonchev–Trinajstić information content (AvgIpc) is 2.81. The first-order valence-electron chi connectivity index (χ1n) is 11.6. The van der Waals surface area contributed by atoms with Crippen LogP contribution in [0, 0.1) is 0 Å². The first-order chi connectivity index (χ1) is 17.3. The summed E-state index contributed by atoms with van der Waals surface area (Å²) in [6.45, 7) is 6.90. The van der Waals surface area contributed by atoms with E-state index in [1.807, 2.05) is 6.92 Å². The van der Waals surface area contributed by atoms with E-state index in [4.69, 9.17) is 5.73 Å². The summed E-state index contributed by atoms with van der Waals surface area (Å²) < 4.78 is 43.9. The Bertz CT molecular complexity index is 1190. The Balaban J connectivity index is 1.71. The van der Waals surface area contributed by atoms with E-state index in [1.54, 1.807) is 18.7 Å². The van der Waals surface area contributed by atoms with Crippen molar-refractivity contribution in [2.24, 2.45) is 5.73 Å². The monoisotopic (exact) mass is 525 g/mol. The molecule has 2 heterocycles. The number of hydrogen-bond acceptors (Lipinski definition) is 7. The highest BCUT2D eigenvalue weighted by molar-refractivity contribution is 5.89. The smallest absolute Gasteiger partial charge is 0.405 e. The van der Waals surface area contributed by atoms with Gasteiger partial charge in [0.15, 0.2) is 0 Å². The van der Waals surface area contributed by atoms with E-state index in [0.717, 1.165) is 10.6 Å². The van der Waals surface area contributed by atoms with Crippen molar-refractivity contribution < 1.29 is 27.5 Å². The summed E-state index contributed by atoms with van der Waals surface area (Å²) in [6, 6.07) is 4.85. The van der Waals surface area contributed by atoms with E-state index in [0.29, 0.717) is 19.6 Å². The van der Waals surface area contributed by atoms with Gasteiger partial charge in [0.25, 0.3) is 0 Å². The fourth-order valence-corrected chi connectivity index (χ4v) is 3.70. The molecule has 1 aromatic carbocycles. The molecule has 202 valence electrons. The maximum Gasteiger partial charge on any atom is 0.573 e. The number of anilines is 1. The largest absolute Gasteiger partial charge is 0.573 e. The molecule has 1 aliphatic heterocycles. The standard InChI is InChI=1S/C23H30F3N7O4/c1-4-28-14-15-5-6-16(13-17(15)37-23(24,25)26)33-8-7-18(30-21(33)36)29-20(35)32-11-9-31(10-12-32)19(34)22(2,3)27/h5-8,13,28H,4,9-12,14,27H2,1-3H3,(H,29,30,35,36). The van der Waals surface area contributed by atoms with Gasteiger partial charge in [0.1, 0.15) is 11.6 Å². The third-order valence-electron chi connectivity index (χ3n) is 5.56. The second-order valence-electron chi connectivity index (χ2n) is 9.02. The van der Waals surface area contributed by atoms with Crippen molar-refractivity contribution in [3.8, 4) is 11.4 Å². The number of carbonyl (C=O) groups excluding carboxylic acids is 2. The van der Waals surface area contributed by atoms with Crippen LogP contribution < -0.4 is 26.8 Å². The number of nitrogens with one attached hydrogen (secondary N) is 2. The van der Waals surface area contributed by atoms with E-state index >= 15 is 0 Å². The molecule has 37 heavy (non-hydrogen) atoms. The number of halogens is 3. The molecule has 1 fully saturated rings. The minimum atomic E-state index is -4.91. The molecule has 3 amide bonds. The summed E-state index contributed by atoms with van der Waals surface area (Å²) in [5, 5.41) is 5.46. The number of hydrogen-bond donors (Lipinski definition) is 3. The normalized spacial score (nSPS) is 14.5. The van der Waals surface area contributed by atoms with Gasteiger partial charge in [0, 0.05) is 50.6 Å². The van der Waals surface area contributed by atoms with Gasteiger partial charge in [-0.3, -0.25) is 14.7 Å². The molecule has 0 unspecified atom stereocenters. The molecular weight excluding hydrogens is 495 g/mol. The maximum absolute atomic E-state index is 12.9. The summed E-state index contributed by atoms with van der Waals surface area (Å²) in [5.41, 5.74) is 4.41. The van der Waals surface area contributed by atoms with Crippen LogP contribution in [0.5, 0.6) is 5.75 Å². The third-order valence-corrected chi connectivity index (χ3v) is 5.56. The number of nitrogens with two attached hydrogens (primary N) is 1. The number of carbonyl (C=O) groups is 2. The zero-order chi connectivity index (χ0) is 27.4. The van der Waals surface area contributed by atoms with Crippen molar-refractivity contribution in [3.05, 3.63) is 46.5 Å². The fourth-order valence-electron chi connectivity index (χ4n) is 3.70. The summed E-state index contributed by atoms with van der Waals surface area (Å²) in [4.78, 5) is 44.4. The van der Waals surface area contributed by atoms with E-state index < -0.39 is 29.4 Å². The van der Waals surface area contributed by atoms with Crippen molar-refractivity contribution >= 4 is 17.8 Å². The van der Waals surface area contributed by atoms with E-state index in [2.05, 4.69) is 20.4 Å². The summed E-state index contributed by atoms with van der Waals surface area (Å²) in [5.74, 6) is -0.675. The highest BCUT2D eigenvalue weighted by Crippen LogP contribution is 2.28. The fraction of sp³-hybridized carbons (Fsp3) is 0.478. The van der Waals surface area contributed by atoms with Gasteiger partial charge in [-0.15, -0.1) is 13.2 Å². The Morgan fingerprint density at radius 1 is 1.11 bits per heavy atom. The van der Waals surface area contributed by atoms with E-state index in [9.17, 15) is 27.6 Å². The molecule has 14 heteroatoms. The highest BCUT2D eigenvalue weighted by Gasteiger charge is 2.33. The van der Waals surface area contributed by atoms with Gasteiger partial charge in [-0.2, -0.15) is 4.98 Å². The van der Waals surface area contributed by atoms with Crippen molar-refractivity contribution in [2.75, 3.05) is 38.0 Å². The molecule has 4 N–H and O–H groups in total. The second kappa shape index (κ2) is 11.2. The van der Waals surface area contributed by atoms with Crippen LogP contribution in [0.3, 0.4) is 0 Å². The van der Waals surface area contributed by atoms with Crippen molar-refractivity contribution in [3.63, 3.8) is 0 Å². The lowest BCUT2D eigenvalue weighted by molar-refractivity contribution is -0.274. The number of rotatable bonds is 7. The average molecular weight is 526 g/mol. The number of piperazine rings is 1. The zero-order valence-corrected chi connectivity index (χ0v) is 20.8. The Labute approximate surface area is 211 Å². The summed E-state index contributed by atoms with van der Waals surface area (Å²) >= 11 is 0. The number of nitrogens with zero attached hydrogens (tertiary/aromatic N) is 4. The first-order valence-corrected chi connectivity index (χ1v) is 11.6. The SMILES string of the molecule is CCNCc1ccc(-n2ccc(NC(=O)N3CCN(C(=O)C(C)(C)N)CC3)nc2=O)cc1OC(F)(F)F. The van der Waals surface area contributed by atoms with Crippen LogP contribution >= 0.6 is 0 Å². The van der Waals surface area contributed by atoms with Gasteiger partial charge < -0.3 is 25.6 Å². The Morgan fingerprint density at radius 3 is 2.32 bits per heavy atom. The maximum atomic E-state index is 12.9. The van der Waals surface area contributed by atoms with E-state index in [1.165, 1.54) is 29.3 Å². The van der Waals surface area contributed by atoms with Gasteiger partial charge in [-0.1, -0.05) is 13.0 Å². The Morgan fingerprint density at radius 2 is 1.76 bits per heavy atom.